The third-order valence-corrected chi connectivity index (χ3v) is 4.23. The van der Waals surface area contributed by atoms with Crippen molar-refractivity contribution in [3.05, 3.63) is 53.1 Å². The third kappa shape index (κ3) is 18.8. The van der Waals surface area contributed by atoms with E-state index in [1.165, 1.54) is 62.1 Å². The van der Waals surface area contributed by atoms with Gasteiger partial charge in [0.25, 0.3) is 0 Å². The molecule has 0 aliphatic rings. The zero-order valence-corrected chi connectivity index (χ0v) is 20.5. The minimum Gasteiger partial charge on any atom is -0.662 e. The average Bonchev–Trinajstić information content (AvgIpc) is 3.18. The molecule has 0 fully saturated rings. The predicted octanol–water partition coefficient (Wildman–Crippen LogP) is 8.48. The fourth-order valence-electron chi connectivity index (χ4n) is 2.37. The Bertz CT molecular complexity index is 454. The molecular formula is C25H43N2Ti. The Morgan fingerprint density at radius 1 is 0.643 bits per heavy atom. The number of hydrogen-bond donors (Lipinski definition) is 0. The molecule has 0 atom stereocenters. The van der Waals surface area contributed by atoms with E-state index in [4.69, 9.17) is 0 Å². The zero-order valence-electron chi connectivity index (χ0n) is 18.9. The van der Waals surface area contributed by atoms with Gasteiger partial charge in [-0.1, -0.05) is 85.1 Å². The molecule has 0 saturated carbocycles. The maximum absolute atomic E-state index is 4.35. The average molecular weight is 420 g/mol. The molecule has 0 amide bonds. The minimum absolute atomic E-state index is 0. The van der Waals surface area contributed by atoms with Gasteiger partial charge in [-0.3, -0.25) is 0 Å². The molecule has 157 valence electrons. The first-order chi connectivity index (χ1) is 13.3. The van der Waals surface area contributed by atoms with Crippen LogP contribution >= 0.6 is 0 Å². The van der Waals surface area contributed by atoms with Gasteiger partial charge in [0.1, 0.15) is 0 Å². The molecule has 0 unspecified atom stereocenters. The van der Waals surface area contributed by atoms with Crippen LogP contribution in [-0.4, -0.2) is 26.2 Å². The summed E-state index contributed by atoms with van der Waals surface area (Å²) in [6.07, 6.45) is 10.2. The number of unbranched alkanes of at least 4 members (excludes halogenated alkanes) is 4. The number of fused-ring (bicyclic) bond motifs is 1. The summed E-state index contributed by atoms with van der Waals surface area (Å²) in [7, 11) is 0. The van der Waals surface area contributed by atoms with E-state index in [0.717, 1.165) is 26.2 Å². The van der Waals surface area contributed by atoms with E-state index in [9.17, 15) is 0 Å². The van der Waals surface area contributed by atoms with E-state index in [1.807, 2.05) is 0 Å². The van der Waals surface area contributed by atoms with Crippen molar-refractivity contribution in [2.45, 2.75) is 79.1 Å². The summed E-state index contributed by atoms with van der Waals surface area (Å²) in [5.74, 6) is 0. The van der Waals surface area contributed by atoms with Crippen molar-refractivity contribution >= 4 is 10.8 Å². The van der Waals surface area contributed by atoms with Gasteiger partial charge in [-0.05, 0) is 0 Å². The first-order valence-corrected chi connectivity index (χ1v) is 11.2. The maximum Gasteiger partial charge on any atom is 3.00 e. The standard InChI is InChI=1S/C9H7.2C8H18N.Ti/c1-2-5-9-7-3-6-8(9)4-1;2*1-3-5-7-9-8-6-4-2;/h1-7H;2*3-8H2,1-2H3;/q3*-1;+3. The zero-order chi connectivity index (χ0) is 20.0. The van der Waals surface area contributed by atoms with Gasteiger partial charge < -0.3 is 10.6 Å². The summed E-state index contributed by atoms with van der Waals surface area (Å²) in [5, 5.41) is 11.4. The predicted molar refractivity (Wildman–Crippen MR) is 125 cm³/mol. The Kier molecular flexibility index (Phi) is 26.0. The smallest absolute Gasteiger partial charge is 0.662 e. The molecule has 0 N–H and O–H groups in total. The van der Waals surface area contributed by atoms with Crippen LogP contribution in [0.25, 0.3) is 21.4 Å². The summed E-state index contributed by atoms with van der Waals surface area (Å²) in [4.78, 5) is 0. The van der Waals surface area contributed by atoms with Crippen LogP contribution in [0.1, 0.15) is 79.1 Å². The first kappa shape index (κ1) is 29.7. The molecule has 1 radical (unpaired) electrons. The molecule has 0 aromatic heterocycles. The summed E-state index contributed by atoms with van der Waals surface area (Å²) in [6, 6.07) is 14.7. The monoisotopic (exact) mass is 419 g/mol. The number of hydrogen-bond acceptors (Lipinski definition) is 0. The van der Waals surface area contributed by atoms with Crippen LogP contribution in [0.5, 0.6) is 0 Å². The van der Waals surface area contributed by atoms with Gasteiger partial charge in [0.2, 0.25) is 0 Å². The third-order valence-electron chi connectivity index (χ3n) is 4.23. The van der Waals surface area contributed by atoms with Crippen LogP contribution in [-0.2, 0) is 21.7 Å². The van der Waals surface area contributed by atoms with Crippen LogP contribution in [0.15, 0.2) is 42.5 Å². The maximum atomic E-state index is 4.35. The molecule has 2 rings (SSSR count). The van der Waals surface area contributed by atoms with Crippen LogP contribution in [0.2, 0.25) is 0 Å². The van der Waals surface area contributed by atoms with Gasteiger partial charge in [0.05, 0.1) is 0 Å². The molecule has 28 heavy (non-hydrogen) atoms. The van der Waals surface area contributed by atoms with E-state index in [-0.39, 0.29) is 21.7 Å². The van der Waals surface area contributed by atoms with Crippen LogP contribution in [0, 0.1) is 0 Å². The molecule has 0 heterocycles. The largest absolute Gasteiger partial charge is 3.00 e. The fraction of sp³-hybridized carbons (Fsp3) is 0.640. The molecule has 2 aromatic rings. The molecule has 3 heteroatoms. The van der Waals surface area contributed by atoms with Crippen LogP contribution in [0.4, 0.5) is 0 Å². The quantitative estimate of drug-likeness (QED) is 0.187. The Morgan fingerprint density at radius 2 is 1.07 bits per heavy atom. The topological polar surface area (TPSA) is 28.2 Å². The molecule has 2 aromatic carbocycles. The van der Waals surface area contributed by atoms with Crippen molar-refractivity contribution in [1.29, 1.82) is 0 Å². The SMILES string of the molecule is CCCC[N-]CCCC.CCCC[N-]CCCC.[Ti+3].c1ccc2[cH-]ccc2c1. The Hall–Kier alpha value is -0.536. The normalized spacial score (nSPS) is 9.71. The van der Waals surface area contributed by atoms with Crippen molar-refractivity contribution in [1.82, 2.24) is 0 Å². The minimum atomic E-state index is 0. The van der Waals surface area contributed by atoms with Crippen LogP contribution < -0.4 is 0 Å². The van der Waals surface area contributed by atoms with Gasteiger partial charge in [-0.2, -0.15) is 17.5 Å². The van der Waals surface area contributed by atoms with Crippen LogP contribution in [0.3, 0.4) is 0 Å². The second-order valence-electron chi connectivity index (χ2n) is 6.91. The summed E-state index contributed by atoms with van der Waals surface area (Å²) >= 11 is 0. The second kappa shape index (κ2) is 24.5. The molecule has 0 saturated heterocycles. The van der Waals surface area contributed by atoms with Crippen molar-refractivity contribution in [2.75, 3.05) is 26.2 Å². The van der Waals surface area contributed by atoms with Gasteiger partial charge in [0, 0.05) is 0 Å². The number of nitrogens with zero attached hydrogens (tertiary/aromatic N) is 2. The van der Waals surface area contributed by atoms with E-state index < -0.39 is 0 Å². The Labute approximate surface area is 190 Å². The van der Waals surface area contributed by atoms with Crippen molar-refractivity contribution < 1.29 is 21.7 Å². The molecule has 0 spiro atoms. The molecule has 0 bridgehead atoms. The first-order valence-electron chi connectivity index (χ1n) is 11.2. The molecule has 0 aliphatic heterocycles. The summed E-state index contributed by atoms with van der Waals surface area (Å²) in [5.41, 5.74) is 0. The van der Waals surface area contributed by atoms with E-state index in [0.29, 0.717) is 0 Å². The van der Waals surface area contributed by atoms with Crippen molar-refractivity contribution in [2.24, 2.45) is 0 Å². The Morgan fingerprint density at radius 3 is 1.46 bits per heavy atom. The number of rotatable bonds is 12. The molecule has 0 aliphatic carbocycles. The van der Waals surface area contributed by atoms with Gasteiger partial charge in [-0.25, -0.2) is 0 Å². The number of benzene rings is 1. The molecular weight excluding hydrogens is 376 g/mol. The van der Waals surface area contributed by atoms with E-state index in [2.05, 4.69) is 80.8 Å². The van der Waals surface area contributed by atoms with Gasteiger partial charge >= 0.3 is 21.7 Å². The Balaban J connectivity index is 0. The van der Waals surface area contributed by atoms with Crippen molar-refractivity contribution in [3.63, 3.8) is 0 Å². The van der Waals surface area contributed by atoms with Crippen molar-refractivity contribution in [3.8, 4) is 0 Å². The van der Waals surface area contributed by atoms with Gasteiger partial charge in [-0.15, -0.1) is 55.8 Å². The summed E-state index contributed by atoms with van der Waals surface area (Å²) < 4.78 is 0. The second-order valence-corrected chi connectivity index (χ2v) is 6.91. The van der Waals surface area contributed by atoms with E-state index in [1.54, 1.807) is 0 Å². The summed E-state index contributed by atoms with van der Waals surface area (Å²) in [6.45, 7) is 13.1. The molecule has 2 nitrogen and oxygen atoms in total. The van der Waals surface area contributed by atoms with E-state index >= 15 is 0 Å². The fourth-order valence-corrected chi connectivity index (χ4v) is 2.37. The van der Waals surface area contributed by atoms with Gasteiger partial charge in [0.15, 0.2) is 0 Å².